The van der Waals surface area contributed by atoms with Crippen LogP contribution >= 0.6 is 0 Å². The Balaban J connectivity index is 4.34. The molecule has 0 saturated carbocycles. The zero-order chi connectivity index (χ0) is 46.5. The van der Waals surface area contributed by atoms with Gasteiger partial charge in [-0.2, -0.15) is 0 Å². The molecule has 0 aliphatic carbocycles. The molecule has 0 N–H and O–H groups in total. The molecular weight excluding hydrogens is 793 g/mol. The minimum Gasteiger partial charge on any atom is -0.462 e. The van der Waals surface area contributed by atoms with Crippen LogP contribution in [0.15, 0.2) is 60.8 Å². The first-order chi connectivity index (χ1) is 31.5. The summed E-state index contributed by atoms with van der Waals surface area (Å²) >= 11 is 0. The summed E-state index contributed by atoms with van der Waals surface area (Å²) < 4.78 is 16.8. The van der Waals surface area contributed by atoms with Gasteiger partial charge in [-0.05, 0) is 64.2 Å². The lowest BCUT2D eigenvalue weighted by Crippen LogP contribution is -2.30. The molecule has 0 aromatic carbocycles. The molecule has 0 fully saturated rings. The van der Waals surface area contributed by atoms with Gasteiger partial charge in [-0.15, -0.1) is 0 Å². The molecule has 0 rings (SSSR count). The normalized spacial score (nSPS) is 12.5. The highest BCUT2D eigenvalue weighted by molar-refractivity contribution is 5.71. The van der Waals surface area contributed by atoms with Gasteiger partial charge in [0.15, 0.2) is 6.10 Å². The van der Waals surface area contributed by atoms with E-state index in [-0.39, 0.29) is 31.1 Å². The van der Waals surface area contributed by atoms with E-state index in [1.54, 1.807) is 0 Å². The number of allylic oxidation sites excluding steroid dienone is 10. The van der Waals surface area contributed by atoms with E-state index < -0.39 is 6.10 Å². The van der Waals surface area contributed by atoms with E-state index in [1.807, 2.05) is 0 Å². The standard InChI is InChI=1S/C58H102O6/c1-4-7-10-13-16-19-21-23-25-27-29-31-32-34-36-39-42-45-48-51-57(60)63-54-55(53-62-56(59)50-47-44-41-38-18-15-12-9-6-3)64-58(61)52-49-46-43-40-37-35-33-30-28-26-24-22-20-17-14-11-8-5-2/h7,10,16,19,23,25,29,31,34,36,55H,4-6,8-9,11-15,17-18,20-22,24,26-28,30,32-33,35,37-54H2,1-3H3/b10-7-,19-16-,25-23-,31-29-,36-34-. The fourth-order valence-electron chi connectivity index (χ4n) is 7.70. The summed E-state index contributed by atoms with van der Waals surface area (Å²) in [5.74, 6) is -0.908. The van der Waals surface area contributed by atoms with E-state index >= 15 is 0 Å². The van der Waals surface area contributed by atoms with E-state index in [1.165, 1.54) is 135 Å². The molecule has 6 heteroatoms. The lowest BCUT2D eigenvalue weighted by Gasteiger charge is -2.18. The summed E-state index contributed by atoms with van der Waals surface area (Å²) in [6.07, 6.45) is 65.0. The monoisotopic (exact) mass is 895 g/mol. The van der Waals surface area contributed by atoms with Crippen LogP contribution in [-0.2, 0) is 28.6 Å². The van der Waals surface area contributed by atoms with E-state index in [0.29, 0.717) is 19.3 Å². The molecule has 1 unspecified atom stereocenters. The summed E-state index contributed by atoms with van der Waals surface area (Å²) in [6, 6.07) is 0. The van der Waals surface area contributed by atoms with Gasteiger partial charge in [0.05, 0.1) is 0 Å². The second-order valence-corrected chi connectivity index (χ2v) is 18.1. The average molecular weight is 895 g/mol. The van der Waals surface area contributed by atoms with Crippen molar-refractivity contribution in [2.75, 3.05) is 13.2 Å². The van der Waals surface area contributed by atoms with Crippen molar-refractivity contribution in [1.29, 1.82) is 0 Å². The number of hydrogen-bond acceptors (Lipinski definition) is 6. The number of hydrogen-bond donors (Lipinski definition) is 0. The third kappa shape index (κ3) is 50.1. The zero-order valence-electron chi connectivity index (χ0n) is 42.3. The molecule has 0 spiro atoms. The quantitative estimate of drug-likeness (QED) is 0.0262. The van der Waals surface area contributed by atoms with Crippen LogP contribution in [0.1, 0.15) is 271 Å². The predicted molar refractivity (Wildman–Crippen MR) is 275 cm³/mol. The molecule has 0 aromatic heterocycles. The molecule has 6 nitrogen and oxygen atoms in total. The van der Waals surface area contributed by atoms with Crippen LogP contribution in [-0.4, -0.2) is 37.2 Å². The third-order valence-corrected chi connectivity index (χ3v) is 11.8. The topological polar surface area (TPSA) is 78.9 Å². The van der Waals surface area contributed by atoms with Gasteiger partial charge in [0.2, 0.25) is 0 Å². The summed E-state index contributed by atoms with van der Waals surface area (Å²) in [7, 11) is 0. The van der Waals surface area contributed by atoms with Crippen molar-refractivity contribution >= 4 is 17.9 Å². The number of carbonyl (C=O) groups is 3. The van der Waals surface area contributed by atoms with Crippen molar-refractivity contribution < 1.29 is 28.6 Å². The maximum atomic E-state index is 12.8. The molecule has 0 amide bonds. The maximum Gasteiger partial charge on any atom is 0.306 e. The molecule has 0 heterocycles. The molecule has 0 radical (unpaired) electrons. The second kappa shape index (κ2) is 52.7. The third-order valence-electron chi connectivity index (χ3n) is 11.8. The Labute approximate surface area is 396 Å². The molecule has 0 bridgehead atoms. The Kier molecular flexibility index (Phi) is 50.4. The molecule has 64 heavy (non-hydrogen) atoms. The first-order valence-electron chi connectivity index (χ1n) is 27.3. The number of carbonyl (C=O) groups excluding carboxylic acids is 3. The van der Waals surface area contributed by atoms with Crippen LogP contribution in [0, 0.1) is 0 Å². The van der Waals surface area contributed by atoms with E-state index in [2.05, 4.69) is 81.5 Å². The Morgan fingerprint density at radius 3 is 0.953 bits per heavy atom. The Morgan fingerprint density at radius 1 is 0.328 bits per heavy atom. The first-order valence-corrected chi connectivity index (χ1v) is 27.3. The second-order valence-electron chi connectivity index (χ2n) is 18.1. The highest BCUT2D eigenvalue weighted by Gasteiger charge is 2.19. The summed E-state index contributed by atoms with van der Waals surface area (Å²) in [5, 5.41) is 0. The molecule has 370 valence electrons. The lowest BCUT2D eigenvalue weighted by molar-refractivity contribution is -0.167. The van der Waals surface area contributed by atoms with Crippen LogP contribution in [0.3, 0.4) is 0 Å². The number of unbranched alkanes of at least 4 members (excludes halogenated alkanes) is 28. The smallest absolute Gasteiger partial charge is 0.306 e. The van der Waals surface area contributed by atoms with E-state index in [4.69, 9.17) is 14.2 Å². The first kappa shape index (κ1) is 61.1. The Morgan fingerprint density at radius 2 is 0.609 bits per heavy atom. The van der Waals surface area contributed by atoms with Gasteiger partial charge in [0.25, 0.3) is 0 Å². The molecule has 0 aliphatic heterocycles. The maximum absolute atomic E-state index is 12.8. The van der Waals surface area contributed by atoms with Gasteiger partial charge >= 0.3 is 17.9 Å². The minimum atomic E-state index is -0.783. The number of rotatable bonds is 49. The predicted octanol–water partition coefficient (Wildman–Crippen LogP) is 18.0. The van der Waals surface area contributed by atoms with Crippen molar-refractivity contribution in [3.8, 4) is 0 Å². The van der Waals surface area contributed by atoms with Gasteiger partial charge in [0.1, 0.15) is 13.2 Å². The largest absolute Gasteiger partial charge is 0.462 e. The fourth-order valence-corrected chi connectivity index (χ4v) is 7.70. The summed E-state index contributed by atoms with van der Waals surface area (Å²) in [5.41, 5.74) is 0. The van der Waals surface area contributed by atoms with Crippen LogP contribution in [0.4, 0.5) is 0 Å². The van der Waals surface area contributed by atoms with Gasteiger partial charge in [0, 0.05) is 19.3 Å². The lowest BCUT2D eigenvalue weighted by atomic mass is 10.0. The van der Waals surface area contributed by atoms with Crippen LogP contribution in [0.2, 0.25) is 0 Å². The zero-order valence-corrected chi connectivity index (χ0v) is 42.3. The van der Waals surface area contributed by atoms with Crippen LogP contribution in [0.25, 0.3) is 0 Å². The molecular formula is C58H102O6. The van der Waals surface area contributed by atoms with Crippen molar-refractivity contribution in [2.24, 2.45) is 0 Å². The summed E-state index contributed by atoms with van der Waals surface area (Å²) in [4.78, 5) is 38.0. The van der Waals surface area contributed by atoms with Crippen LogP contribution in [0.5, 0.6) is 0 Å². The number of ether oxygens (including phenoxy) is 3. The highest BCUT2D eigenvalue weighted by atomic mass is 16.6. The van der Waals surface area contributed by atoms with Gasteiger partial charge in [-0.25, -0.2) is 0 Å². The molecule has 0 aromatic rings. The minimum absolute atomic E-state index is 0.0817. The fraction of sp³-hybridized carbons (Fsp3) is 0.776. The Hall–Kier alpha value is -2.89. The number of esters is 3. The van der Waals surface area contributed by atoms with Crippen LogP contribution < -0.4 is 0 Å². The van der Waals surface area contributed by atoms with E-state index in [0.717, 1.165) is 96.3 Å². The summed E-state index contributed by atoms with van der Waals surface area (Å²) in [6.45, 7) is 6.50. The van der Waals surface area contributed by atoms with Crippen molar-refractivity contribution in [3.05, 3.63) is 60.8 Å². The van der Waals surface area contributed by atoms with Crippen molar-refractivity contribution in [1.82, 2.24) is 0 Å². The van der Waals surface area contributed by atoms with Gasteiger partial charge in [-0.1, -0.05) is 248 Å². The van der Waals surface area contributed by atoms with Crippen molar-refractivity contribution in [2.45, 2.75) is 277 Å². The van der Waals surface area contributed by atoms with Gasteiger partial charge < -0.3 is 14.2 Å². The van der Waals surface area contributed by atoms with E-state index in [9.17, 15) is 14.4 Å². The highest BCUT2D eigenvalue weighted by Crippen LogP contribution is 2.16. The van der Waals surface area contributed by atoms with Crippen molar-refractivity contribution in [3.63, 3.8) is 0 Å². The molecule has 1 atom stereocenters. The average Bonchev–Trinajstić information content (AvgIpc) is 3.29. The SMILES string of the molecule is CC/C=C\C/C=C\C/C=C\C/C=C\C/C=C\CCCCCC(=O)OCC(COC(=O)CCCCCCCCCCC)OC(=O)CCCCCCCCCCCCCCCCCCCC. The Bertz CT molecular complexity index is 1170. The molecule has 0 aliphatic rings. The molecule has 0 saturated heterocycles. The van der Waals surface area contributed by atoms with Gasteiger partial charge in [-0.3, -0.25) is 14.4 Å².